The van der Waals surface area contributed by atoms with Crippen LogP contribution in [0.5, 0.6) is 0 Å². The molecule has 0 aromatic heterocycles. The summed E-state index contributed by atoms with van der Waals surface area (Å²) in [5, 5.41) is 2.55. The van der Waals surface area contributed by atoms with Crippen LogP contribution in [0.4, 0.5) is 23.7 Å². The molecule has 3 nitrogen and oxygen atoms in total. The number of likely N-dealkylation sites (tertiary alicyclic amines) is 1. The zero-order valence-electron chi connectivity index (χ0n) is 12.1. The molecule has 116 valence electrons. The lowest BCUT2D eigenvalue weighted by Crippen LogP contribution is -2.44. The first kappa shape index (κ1) is 15.7. The lowest BCUT2D eigenvalue weighted by Gasteiger charge is -2.34. The number of anilines is 1. The summed E-state index contributed by atoms with van der Waals surface area (Å²) in [6.07, 6.45) is -3.35. The van der Waals surface area contributed by atoms with Gasteiger partial charge in [-0.25, -0.2) is 4.79 Å². The average molecular weight is 300 g/mol. The third-order valence-electron chi connectivity index (χ3n) is 3.60. The number of alkyl halides is 3. The molecule has 1 aliphatic heterocycles. The molecule has 0 bridgehead atoms. The number of piperidine rings is 1. The van der Waals surface area contributed by atoms with E-state index in [2.05, 4.69) is 19.2 Å². The van der Waals surface area contributed by atoms with Gasteiger partial charge in [0.2, 0.25) is 0 Å². The molecule has 21 heavy (non-hydrogen) atoms. The fourth-order valence-corrected chi connectivity index (χ4v) is 2.80. The first-order chi connectivity index (χ1) is 9.75. The molecule has 1 aliphatic rings. The minimum Gasteiger partial charge on any atom is -0.324 e. The number of carbonyl (C=O) groups excluding carboxylic acids is 1. The smallest absolute Gasteiger partial charge is 0.324 e. The number of benzene rings is 1. The van der Waals surface area contributed by atoms with Gasteiger partial charge in [0, 0.05) is 18.8 Å². The number of hydrogen-bond acceptors (Lipinski definition) is 1. The first-order valence-electron chi connectivity index (χ1n) is 6.99. The highest BCUT2D eigenvalue weighted by Crippen LogP contribution is 2.31. The normalized spacial score (nSPS) is 23.0. The van der Waals surface area contributed by atoms with E-state index in [4.69, 9.17) is 0 Å². The van der Waals surface area contributed by atoms with Crippen LogP contribution in [0.2, 0.25) is 0 Å². The van der Waals surface area contributed by atoms with Gasteiger partial charge in [-0.05, 0) is 36.5 Å². The van der Waals surface area contributed by atoms with Crippen molar-refractivity contribution in [2.45, 2.75) is 26.4 Å². The van der Waals surface area contributed by atoms with Gasteiger partial charge in [0.1, 0.15) is 0 Å². The van der Waals surface area contributed by atoms with Crippen LogP contribution in [0, 0.1) is 11.8 Å². The molecule has 1 N–H and O–H groups in total. The van der Waals surface area contributed by atoms with Crippen molar-refractivity contribution >= 4 is 11.7 Å². The maximum atomic E-state index is 12.6. The van der Waals surface area contributed by atoms with Gasteiger partial charge in [0.05, 0.1) is 5.56 Å². The van der Waals surface area contributed by atoms with Gasteiger partial charge in [-0.15, -0.1) is 0 Å². The molecule has 1 aromatic rings. The van der Waals surface area contributed by atoms with E-state index in [9.17, 15) is 18.0 Å². The molecular formula is C15H19F3N2O. The quantitative estimate of drug-likeness (QED) is 0.827. The summed E-state index contributed by atoms with van der Waals surface area (Å²) in [7, 11) is 0. The number of urea groups is 1. The third kappa shape index (κ3) is 4.12. The van der Waals surface area contributed by atoms with Gasteiger partial charge in [-0.1, -0.05) is 19.9 Å². The van der Waals surface area contributed by atoms with Crippen molar-refractivity contribution in [2.24, 2.45) is 11.8 Å². The van der Waals surface area contributed by atoms with Crippen LogP contribution in [-0.2, 0) is 6.18 Å². The number of rotatable bonds is 1. The highest BCUT2D eigenvalue weighted by Gasteiger charge is 2.31. The Labute approximate surface area is 122 Å². The minimum absolute atomic E-state index is 0.167. The molecule has 1 heterocycles. The largest absolute Gasteiger partial charge is 0.416 e. The summed E-state index contributed by atoms with van der Waals surface area (Å²) in [4.78, 5) is 13.8. The molecule has 0 aliphatic carbocycles. The van der Waals surface area contributed by atoms with Crippen LogP contribution in [0.15, 0.2) is 24.3 Å². The Hall–Kier alpha value is -1.72. The third-order valence-corrected chi connectivity index (χ3v) is 3.60. The van der Waals surface area contributed by atoms with Crippen molar-refractivity contribution in [2.75, 3.05) is 18.4 Å². The van der Waals surface area contributed by atoms with Crippen LogP contribution in [0.1, 0.15) is 25.8 Å². The second-order valence-electron chi connectivity index (χ2n) is 5.86. The molecule has 1 fully saturated rings. The van der Waals surface area contributed by atoms with Crippen molar-refractivity contribution in [3.8, 4) is 0 Å². The number of amides is 2. The summed E-state index contributed by atoms with van der Waals surface area (Å²) in [5.74, 6) is 0.807. The maximum Gasteiger partial charge on any atom is 0.416 e. The van der Waals surface area contributed by atoms with E-state index in [1.807, 2.05) is 0 Å². The molecule has 0 radical (unpaired) electrons. The van der Waals surface area contributed by atoms with Crippen LogP contribution in [-0.4, -0.2) is 24.0 Å². The van der Waals surface area contributed by atoms with Crippen molar-refractivity contribution in [3.05, 3.63) is 29.8 Å². The SMILES string of the molecule is C[C@@H]1C[C@@H](C)CN(C(=O)Nc2cccc(C(F)(F)F)c2)C1. The highest BCUT2D eigenvalue weighted by atomic mass is 19.4. The van der Waals surface area contributed by atoms with Gasteiger partial charge in [-0.3, -0.25) is 0 Å². The number of nitrogens with zero attached hydrogens (tertiary/aromatic N) is 1. The summed E-state index contributed by atoms with van der Waals surface area (Å²) < 4.78 is 37.9. The summed E-state index contributed by atoms with van der Waals surface area (Å²) in [6, 6.07) is 4.35. The van der Waals surface area contributed by atoms with Crippen LogP contribution < -0.4 is 5.32 Å². The van der Waals surface area contributed by atoms with Crippen LogP contribution >= 0.6 is 0 Å². The molecular weight excluding hydrogens is 281 g/mol. The van der Waals surface area contributed by atoms with Crippen molar-refractivity contribution in [1.82, 2.24) is 4.90 Å². The van der Waals surface area contributed by atoms with Crippen molar-refractivity contribution < 1.29 is 18.0 Å². The Bertz CT molecular complexity index is 506. The van der Waals surface area contributed by atoms with Crippen LogP contribution in [0.25, 0.3) is 0 Å². The lowest BCUT2D eigenvalue weighted by atomic mass is 9.92. The Kier molecular flexibility index (Phi) is 4.44. The minimum atomic E-state index is -4.41. The second kappa shape index (κ2) is 5.95. The molecule has 2 rings (SSSR count). The van der Waals surface area contributed by atoms with E-state index in [0.29, 0.717) is 24.9 Å². The number of carbonyl (C=O) groups is 1. The topological polar surface area (TPSA) is 32.3 Å². The van der Waals surface area contributed by atoms with Gasteiger partial charge in [-0.2, -0.15) is 13.2 Å². The monoisotopic (exact) mass is 300 g/mol. The van der Waals surface area contributed by atoms with Crippen molar-refractivity contribution in [3.63, 3.8) is 0 Å². The Morgan fingerprint density at radius 1 is 1.24 bits per heavy atom. The second-order valence-corrected chi connectivity index (χ2v) is 5.86. The lowest BCUT2D eigenvalue weighted by molar-refractivity contribution is -0.137. The van der Waals surface area contributed by atoms with Gasteiger partial charge in [0.25, 0.3) is 0 Å². The molecule has 2 atom stereocenters. The number of nitrogens with one attached hydrogen (secondary N) is 1. The molecule has 0 spiro atoms. The van der Waals surface area contributed by atoms with E-state index < -0.39 is 11.7 Å². The predicted molar refractivity (Wildman–Crippen MR) is 75.0 cm³/mol. The zero-order chi connectivity index (χ0) is 15.6. The van der Waals surface area contributed by atoms with Crippen molar-refractivity contribution in [1.29, 1.82) is 0 Å². The molecule has 1 saturated heterocycles. The Morgan fingerprint density at radius 3 is 2.43 bits per heavy atom. The highest BCUT2D eigenvalue weighted by molar-refractivity contribution is 5.89. The first-order valence-corrected chi connectivity index (χ1v) is 6.99. The van der Waals surface area contributed by atoms with E-state index in [0.717, 1.165) is 18.6 Å². The van der Waals surface area contributed by atoms with Gasteiger partial charge < -0.3 is 10.2 Å². The molecule has 6 heteroatoms. The molecule has 1 aromatic carbocycles. The number of hydrogen-bond donors (Lipinski definition) is 1. The fraction of sp³-hybridized carbons (Fsp3) is 0.533. The summed E-state index contributed by atoms with van der Waals surface area (Å²) >= 11 is 0. The van der Waals surface area contributed by atoms with E-state index >= 15 is 0 Å². The molecule has 0 unspecified atom stereocenters. The fourth-order valence-electron chi connectivity index (χ4n) is 2.80. The van der Waals surface area contributed by atoms with Gasteiger partial charge >= 0.3 is 12.2 Å². The van der Waals surface area contributed by atoms with Gasteiger partial charge in [0.15, 0.2) is 0 Å². The number of halogens is 3. The van der Waals surface area contributed by atoms with E-state index in [1.165, 1.54) is 12.1 Å². The molecule has 0 saturated carbocycles. The summed E-state index contributed by atoms with van der Waals surface area (Å²) in [5.41, 5.74) is -0.596. The average Bonchev–Trinajstić information content (AvgIpc) is 2.37. The van der Waals surface area contributed by atoms with E-state index in [1.54, 1.807) is 4.90 Å². The zero-order valence-corrected chi connectivity index (χ0v) is 12.1. The summed E-state index contributed by atoms with van der Waals surface area (Å²) in [6.45, 7) is 5.41. The Morgan fingerprint density at radius 2 is 1.86 bits per heavy atom. The predicted octanol–water partition coefficient (Wildman–Crippen LogP) is 4.22. The molecule has 2 amide bonds. The maximum absolute atomic E-state index is 12.6. The van der Waals surface area contributed by atoms with E-state index in [-0.39, 0.29) is 11.7 Å². The van der Waals surface area contributed by atoms with Crippen LogP contribution in [0.3, 0.4) is 0 Å². The standard InChI is InChI=1S/C15H19F3N2O/c1-10-6-11(2)9-20(8-10)14(21)19-13-5-3-4-12(7-13)15(16,17)18/h3-5,7,10-11H,6,8-9H2,1-2H3,(H,19,21)/t10-,11-/m1/s1. The Balaban J connectivity index is 2.06.